The molecule has 0 spiro atoms. The first-order valence-electron chi connectivity index (χ1n) is 9.96. The summed E-state index contributed by atoms with van der Waals surface area (Å²) >= 11 is 6.44. The fourth-order valence-electron chi connectivity index (χ4n) is 4.44. The van der Waals surface area contributed by atoms with E-state index in [1.807, 2.05) is 24.0 Å². The van der Waals surface area contributed by atoms with Gasteiger partial charge in [-0.15, -0.1) is 0 Å². The number of piperazine rings is 1. The molecule has 4 rings (SSSR count). The lowest BCUT2D eigenvalue weighted by Crippen LogP contribution is -2.50. The summed E-state index contributed by atoms with van der Waals surface area (Å²) < 4.78 is 6.24. The number of nitrogens with one attached hydrogen (secondary N) is 1. The number of nitrogens with zero attached hydrogens (tertiary/aromatic N) is 2. The summed E-state index contributed by atoms with van der Waals surface area (Å²) in [6.45, 7) is 8.87. The van der Waals surface area contributed by atoms with Crippen LogP contribution in [0.4, 0.5) is 0 Å². The zero-order valence-electron chi connectivity index (χ0n) is 16.3. The molecule has 1 aromatic rings. The molecule has 0 bridgehead atoms. The number of fused-ring (bicyclic) bond motifs is 1. The van der Waals surface area contributed by atoms with Gasteiger partial charge in [-0.2, -0.15) is 0 Å². The predicted octanol–water partition coefficient (Wildman–Crippen LogP) is 3.62. The molecule has 1 fully saturated rings. The van der Waals surface area contributed by atoms with E-state index in [9.17, 15) is 4.79 Å². The minimum Gasteiger partial charge on any atom is -0.479 e. The number of aliphatic imine (C=N–C) groups is 1. The Morgan fingerprint density at radius 3 is 2.86 bits per heavy atom. The number of carbonyl (C=O) groups excluding carboxylic acids is 1. The Morgan fingerprint density at radius 2 is 2.14 bits per heavy atom. The molecule has 3 aliphatic rings. The molecule has 0 aromatic heterocycles. The monoisotopic (exact) mass is 399 g/mol. The number of hydrogen-bond donors (Lipinski definition) is 1. The third kappa shape index (κ3) is 3.49. The van der Waals surface area contributed by atoms with Gasteiger partial charge in [-0.3, -0.25) is 9.79 Å². The number of hydrogen-bond acceptors (Lipinski definition) is 4. The highest BCUT2D eigenvalue weighted by Gasteiger charge is 2.35. The van der Waals surface area contributed by atoms with E-state index in [4.69, 9.17) is 16.3 Å². The van der Waals surface area contributed by atoms with Crippen molar-refractivity contribution in [3.8, 4) is 5.75 Å². The van der Waals surface area contributed by atoms with E-state index in [0.29, 0.717) is 11.4 Å². The first-order chi connectivity index (χ1) is 13.6. The second-order valence-corrected chi connectivity index (χ2v) is 7.90. The number of carbonyl (C=O) groups is 1. The molecule has 6 heteroatoms. The maximum atomic E-state index is 13.0. The lowest BCUT2D eigenvalue weighted by Gasteiger charge is -2.29. The molecule has 1 unspecified atom stereocenters. The third-order valence-electron chi connectivity index (χ3n) is 5.78. The van der Waals surface area contributed by atoms with Crippen LogP contribution in [0.1, 0.15) is 37.3 Å². The Morgan fingerprint density at radius 1 is 1.36 bits per heavy atom. The van der Waals surface area contributed by atoms with E-state index in [0.717, 1.165) is 73.6 Å². The summed E-state index contributed by atoms with van der Waals surface area (Å²) in [7, 11) is 0. The average Bonchev–Trinajstić information content (AvgIpc) is 3.35. The smallest absolute Gasteiger partial charge is 0.264 e. The van der Waals surface area contributed by atoms with Crippen molar-refractivity contribution in [1.29, 1.82) is 0 Å². The minimum atomic E-state index is -0.474. The molecule has 2 aliphatic heterocycles. The van der Waals surface area contributed by atoms with Gasteiger partial charge in [0.1, 0.15) is 5.75 Å². The van der Waals surface area contributed by atoms with Crippen LogP contribution in [0.5, 0.6) is 5.75 Å². The van der Waals surface area contributed by atoms with Crippen molar-refractivity contribution in [3.05, 3.63) is 45.6 Å². The molecule has 148 valence electrons. The molecular weight excluding hydrogens is 374 g/mol. The number of benzene rings is 1. The SMILES string of the molecule is C=NC1=C(/C(=C\C)c2cc(Cl)cc3c2OC(C(=O)N2CCNCC2)C3)CCC1. The number of halogens is 1. The van der Waals surface area contributed by atoms with Crippen molar-refractivity contribution >= 4 is 29.8 Å². The highest BCUT2D eigenvalue weighted by atomic mass is 35.5. The highest BCUT2D eigenvalue weighted by Crippen LogP contribution is 2.44. The Balaban J connectivity index is 1.66. The molecule has 0 radical (unpaired) electrons. The lowest BCUT2D eigenvalue weighted by molar-refractivity contribution is -0.138. The van der Waals surface area contributed by atoms with E-state index < -0.39 is 6.10 Å². The van der Waals surface area contributed by atoms with Gasteiger partial charge in [0.05, 0.1) is 0 Å². The molecule has 1 aromatic carbocycles. The largest absolute Gasteiger partial charge is 0.479 e. The minimum absolute atomic E-state index is 0.0651. The second kappa shape index (κ2) is 8.10. The van der Waals surface area contributed by atoms with Crippen molar-refractivity contribution in [2.75, 3.05) is 26.2 Å². The van der Waals surface area contributed by atoms with Crippen LogP contribution in [-0.2, 0) is 11.2 Å². The van der Waals surface area contributed by atoms with Gasteiger partial charge in [-0.25, -0.2) is 0 Å². The molecule has 0 saturated carbocycles. The van der Waals surface area contributed by atoms with Crippen LogP contribution in [0.2, 0.25) is 5.02 Å². The fraction of sp³-hybridized carbons (Fsp3) is 0.455. The van der Waals surface area contributed by atoms with E-state index >= 15 is 0 Å². The molecule has 1 N–H and O–H groups in total. The highest BCUT2D eigenvalue weighted by molar-refractivity contribution is 6.31. The fourth-order valence-corrected chi connectivity index (χ4v) is 4.68. The zero-order chi connectivity index (χ0) is 19.7. The zero-order valence-corrected chi connectivity index (χ0v) is 17.0. The summed E-state index contributed by atoms with van der Waals surface area (Å²) in [4.78, 5) is 19.1. The molecule has 2 heterocycles. The van der Waals surface area contributed by atoms with E-state index in [1.54, 1.807) is 0 Å². The number of ether oxygens (including phenoxy) is 1. The molecule has 5 nitrogen and oxygen atoms in total. The molecule has 28 heavy (non-hydrogen) atoms. The first-order valence-corrected chi connectivity index (χ1v) is 10.3. The second-order valence-electron chi connectivity index (χ2n) is 7.47. The van der Waals surface area contributed by atoms with E-state index in [-0.39, 0.29) is 5.91 Å². The Bertz CT molecular complexity index is 869. The molecule has 1 amide bonds. The predicted molar refractivity (Wildman–Crippen MR) is 113 cm³/mol. The number of allylic oxidation sites excluding steroid dienone is 4. The molecule has 1 saturated heterocycles. The maximum absolute atomic E-state index is 13.0. The first kappa shape index (κ1) is 19.2. The van der Waals surface area contributed by atoms with Crippen LogP contribution >= 0.6 is 11.6 Å². The van der Waals surface area contributed by atoms with Gasteiger partial charge in [0.15, 0.2) is 6.10 Å². The van der Waals surface area contributed by atoms with Gasteiger partial charge in [-0.05, 0) is 56.2 Å². The van der Waals surface area contributed by atoms with E-state index in [1.165, 1.54) is 5.57 Å². The van der Waals surface area contributed by atoms with Gasteiger partial charge < -0.3 is 15.0 Å². The maximum Gasteiger partial charge on any atom is 0.264 e. The summed E-state index contributed by atoms with van der Waals surface area (Å²) in [6, 6.07) is 3.87. The van der Waals surface area contributed by atoms with Crippen LogP contribution in [0.15, 0.2) is 34.5 Å². The number of amides is 1. The van der Waals surface area contributed by atoms with Crippen LogP contribution in [0, 0.1) is 0 Å². The Labute approximate surface area is 171 Å². The van der Waals surface area contributed by atoms with Gasteiger partial charge in [-0.1, -0.05) is 17.7 Å². The van der Waals surface area contributed by atoms with Gasteiger partial charge in [0.2, 0.25) is 0 Å². The van der Waals surface area contributed by atoms with Crippen LogP contribution in [-0.4, -0.2) is 49.8 Å². The van der Waals surface area contributed by atoms with Gasteiger partial charge in [0, 0.05) is 54.4 Å². The number of rotatable bonds is 4. The van der Waals surface area contributed by atoms with Crippen LogP contribution in [0.25, 0.3) is 5.57 Å². The standard InChI is InChI=1S/C22H26ClN3O2/c1-3-16(17-5-4-6-19(17)24-2)18-13-15(23)11-14-12-20(28-21(14)18)22(27)26-9-7-25-8-10-26/h3,11,13,20,25H,2,4-10,12H2,1H3/b16-3+. The quantitative estimate of drug-likeness (QED) is 0.787. The van der Waals surface area contributed by atoms with Crippen LogP contribution in [0.3, 0.4) is 0 Å². The van der Waals surface area contributed by atoms with E-state index in [2.05, 4.69) is 23.1 Å². The van der Waals surface area contributed by atoms with Crippen molar-refractivity contribution in [3.63, 3.8) is 0 Å². The molecule has 1 aliphatic carbocycles. The van der Waals surface area contributed by atoms with Crippen molar-refractivity contribution in [2.45, 2.75) is 38.7 Å². The summed E-state index contributed by atoms with van der Waals surface area (Å²) in [5, 5.41) is 3.94. The summed E-state index contributed by atoms with van der Waals surface area (Å²) in [5.41, 5.74) is 5.31. The average molecular weight is 400 g/mol. The summed E-state index contributed by atoms with van der Waals surface area (Å²) in [6.07, 6.45) is 5.18. The topological polar surface area (TPSA) is 53.9 Å². The normalized spacial score (nSPS) is 22.3. The molecule has 1 atom stereocenters. The molecular formula is C22H26ClN3O2. The van der Waals surface area contributed by atoms with Gasteiger partial charge >= 0.3 is 0 Å². The third-order valence-corrected chi connectivity index (χ3v) is 6.00. The van der Waals surface area contributed by atoms with Crippen LogP contribution < -0.4 is 10.1 Å². The van der Waals surface area contributed by atoms with Crippen molar-refractivity contribution in [1.82, 2.24) is 10.2 Å². The van der Waals surface area contributed by atoms with Crippen molar-refractivity contribution < 1.29 is 9.53 Å². The van der Waals surface area contributed by atoms with Crippen molar-refractivity contribution in [2.24, 2.45) is 4.99 Å². The summed E-state index contributed by atoms with van der Waals surface area (Å²) in [5.74, 6) is 0.851. The lowest BCUT2D eigenvalue weighted by atomic mass is 9.93. The Kier molecular flexibility index (Phi) is 5.56. The van der Waals surface area contributed by atoms with Gasteiger partial charge in [0.25, 0.3) is 5.91 Å². The Hall–Kier alpha value is -2.11.